The molecule has 0 saturated carbocycles. The van der Waals surface area contributed by atoms with Gasteiger partial charge in [0.05, 0.1) is 15.2 Å². The first kappa shape index (κ1) is 13.9. The zero-order chi connectivity index (χ0) is 14.1. The molecule has 1 aromatic heterocycles. The third-order valence-corrected chi connectivity index (χ3v) is 5.38. The Morgan fingerprint density at radius 1 is 1.30 bits per heavy atom. The van der Waals surface area contributed by atoms with Gasteiger partial charge >= 0.3 is 6.09 Å². The molecule has 3 rings (SSSR count). The Bertz CT molecular complexity index is 525. The molecule has 3 heterocycles. The molecular weight excluding hydrogens is 344 g/mol. The molecule has 1 aromatic rings. The minimum atomic E-state index is -0.211. The molecule has 0 spiro atoms. The van der Waals surface area contributed by atoms with Crippen molar-refractivity contribution in [1.29, 1.82) is 0 Å². The minimum absolute atomic E-state index is 0.0862. The van der Waals surface area contributed by atoms with Crippen LogP contribution < -0.4 is 0 Å². The van der Waals surface area contributed by atoms with Crippen LogP contribution in [0.2, 0.25) is 0 Å². The van der Waals surface area contributed by atoms with Crippen molar-refractivity contribution in [3.05, 3.63) is 20.8 Å². The summed E-state index contributed by atoms with van der Waals surface area (Å²) in [5, 5.41) is 0. The first-order valence-electron chi connectivity index (χ1n) is 6.63. The Morgan fingerprint density at radius 3 is 2.60 bits per heavy atom. The zero-order valence-electron chi connectivity index (χ0n) is 10.9. The lowest BCUT2D eigenvalue weighted by atomic mass is 10.0. The van der Waals surface area contributed by atoms with E-state index in [4.69, 9.17) is 4.74 Å². The monoisotopic (exact) mass is 358 g/mol. The smallest absolute Gasteiger partial charge is 0.410 e. The van der Waals surface area contributed by atoms with Gasteiger partial charge in [0.2, 0.25) is 0 Å². The zero-order valence-corrected chi connectivity index (χ0v) is 13.3. The van der Waals surface area contributed by atoms with Crippen LogP contribution in [0.15, 0.2) is 15.9 Å². The molecule has 2 fully saturated rings. The summed E-state index contributed by atoms with van der Waals surface area (Å²) < 4.78 is 5.94. The van der Waals surface area contributed by atoms with Gasteiger partial charge in [-0.1, -0.05) is 0 Å². The first-order chi connectivity index (χ1) is 9.65. The summed E-state index contributed by atoms with van der Waals surface area (Å²) in [4.78, 5) is 28.3. The third-order valence-electron chi connectivity index (χ3n) is 3.77. The van der Waals surface area contributed by atoms with Gasteiger partial charge < -0.3 is 14.5 Å². The fraction of sp³-hybridized carbons (Fsp3) is 0.538. The number of ether oxygens (including phenoxy) is 1. The molecule has 0 bridgehead atoms. The second kappa shape index (κ2) is 5.73. The highest BCUT2D eigenvalue weighted by Crippen LogP contribution is 2.26. The van der Waals surface area contributed by atoms with Crippen LogP contribution in [0.4, 0.5) is 4.79 Å². The lowest BCUT2D eigenvalue weighted by Gasteiger charge is -2.35. The van der Waals surface area contributed by atoms with Crippen molar-refractivity contribution in [3.63, 3.8) is 0 Å². The standard InChI is InChI=1S/C13H15BrN2O3S/c14-11-2-1-10(20-11)12(17)15-5-3-9(4-6-15)16-7-8-19-13(16)18/h1-2,9H,3-8H2. The highest BCUT2D eigenvalue weighted by Gasteiger charge is 2.33. The number of amides is 2. The van der Waals surface area contributed by atoms with Crippen molar-refractivity contribution in [1.82, 2.24) is 9.80 Å². The van der Waals surface area contributed by atoms with Gasteiger partial charge in [-0.2, -0.15) is 0 Å². The molecule has 2 aliphatic rings. The van der Waals surface area contributed by atoms with Gasteiger partial charge in [0, 0.05) is 19.1 Å². The summed E-state index contributed by atoms with van der Waals surface area (Å²) in [6, 6.07) is 3.95. The van der Waals surface area contributed by atoms with Crippen LogP contribution in [-0.2, 0) is 4.74 Å². The number of hydrogen-bond acceptors (Lipinski definition) is 4. The topological polar surface area (TPSA) is 49.9 Å². The molecule has 0 aromatic carbocycles. The SMILES string of the molecule is O=C(c1ccc(Br)s1)N1CCC(N2CCOC2=O)CC1. The van der Waals surface area contributed by atoms with Crippen molar-refractivity contribution in [3.8, 4) is 0 Å². The molecule has 0 radical (unpaired) electrons. The molecule has 2 saturated heterocycles. The summed E-state index contributed by atoms with van der Waals surface area (Å²) in [6.45, 7) is 2.56. The number of rotatable bonds is 2. The quantitative estimate of drug-likeness (QED) is 0.816. The summed E-state index contributed by atoms with van der Waals surface area (Å²) >= 11 is 4.83. The highest BCUT2D eigenvalue weighted by molar-refractivity contribution is 9.11. The summed E-state index contributed by atoms with van der Waals surface area (Å²) in [5.41, 5.74) is 0. The molecule has 0 aliphatic carbocycles. The average molecular weight is 359 g/mol. The van der Waals surface area contributed by atoms with Crippen LogP contribution in [-0.4, -0.2) is 54.1 Å². The molecule has 108 valence electrons. The Labute approximate surface area is 129 Å². The van der Waals surface area contributed by atoms with Crippen LogP contribution in [0.25, 0.3) is 0 Å². The molecule has 0 atom stereocenters. The number of likely N-dealkylation sites (tertiary alicyclic amines) is 1. The summed E-state index contributed by atoms with van der Waals surface area (Å²) in [6.07, 6.45) is 1.44. The van der Waals surface area contributed by atoms with E-state index in [-0.39, 0.29) is 18.0 Å². The van der Waals surface area contributed by atoms with Gasteiger partial charge in [-0.15, -0.1) is 11.3 Å². The third kappa shape index (κ3) is 2.69. The van der Waals surface area contributed by atoms with E-state index in [9.17, 15) is 9.59 Å². The van der Waals surface area contributed by atoms with Gasteiger partial charge in [0.15, 0.2) is 0 Å². The molecule has 7 heteroatoms. The summed E-state index contributed by atoms with van der Waals surface area (Å²) in [7, 11) is 0. The van der Waals surface area contributed by atoms with Gasteiger partial charge in [-0.25, -0.2) is 4.79 Å². The fourth-order valence-electron chi connectivity index (χ4n) is 2.70. The van der Waals surface area contributed by atoms with Crippen molar-refractivity contribution in [2.45, 2.75) is 18.9 Å². The van der Waals surface area contributed by atoms with Crippen molar-refractivity contribution in [2.75, 3.05) is 26.2 Å². The predicted octanol–water partition coefficient (Wildman–Crippen LogP) is 2.57. The van der Waals surface area contributed by atoms with Gasteiger partial charge in [-0.3, -0.25) is 4.79 Å². The van der Waals surface area contributed by atoms with E-state index < -0.39 is 0 Å². The molecular formula is C13H15BrN2O3S. The molecule has 20 heavy (non-hydrogen) atoms. The lowest BCUT2D eigenvalue weighted by molar-refractivity contribution is 0.0663. The predicted molar refractivity (Wildman–Crippen MR) is 79.0 cm³/mol. The highest BCUT2D eigenvalue weighted by atomic mass is 79.9. The van der Waals surface area contributed by atoms with E-state index in [0.717, 1.165) is 21.5 Å². The van der Waals surface area contributed by atoms with Crippen LogP contribution >= 0.6 is 27.3 Å². The van der Waals surface area contributed by atoms with Crippen LogP contribution in [0, 0.1) is 0 Å². The molecule has 0 unspecified atom stereocenters. The number of carbonyl (C=O) groups is 2. The van der Waals surface area contributed by atoms with E-state index in [0.29, 0.717) is 26.2 Å². The van der Waals surface area contributed by atoms with E-state index in [2.05, 4.69) is 15.9 Å². The maximum absolute atomic E-state index is 12.3. The number of nitrogens with zero attached hydrogens (tertiary/aromatic N) is 2. The molecule has 5 nitrogen and oxygen atoms in total. The molecule has 2 aliphatic heterocycles. The van der Waals surface area contributed by atoms with Gasteiger partial charge in [0.25, 0.3) is 5.91 Å². The molecule has 0 N–H and O–H groups in total. The van der Waals surface area contributed by atoms with Crippen LogP contribution in [0.3, 0.4) is 0 Å². The van der Waals surface area contributed by atoms with Crippen molar-refractivity contribution < 1.29 is 14.3 Å². The van der Waals surface area contributed by atoms with E-state index >= 15 is 0 Å². The number of carbonyl (C=O) groups excluding carboxylic acids is 2. The van der Waals surface area contributed by atoms with Crippen molar-refractivity contribution >= 4 is 39.3 Å². The largest absolute Gasteiger partial charge is 0.448 e. The van der Waals surface area contributed by atoms with Crippen LogP contribution in [0.1, 0.15) is 22.5 Å². The summed E-state index contributed by atoms with van der Waals surface area (Å²) in [5.74, 6) is 0.0862. The Morgan fingerprint density at radius 2 is 2.05 bits per heavy atom. The van der Waals surface area contributed by atoms with Gasteiger partial charge in [0.1, 0.15) is 6.61 Å². The second-order valence-corrected chi connectivity index (χ2v) is 7.40. The average Bonchev–Trinajstić information content (AvgIpc) is 3.07. The Kier molecular flexibility index (Phi) is 3.98. The molecule has 2 amide bonds. The van der Waals surface area contributed by atoms with Gasteiger partial charge in [-0.05, 0) is 40.9 Å². The number of piperidine rings is 1. The minimum Gasteiger partial charge on any atom is -0.448 e. The van der Waals surface area contributed by atoms with E-state index in [1.165, 1.54) is 11.3 Å². The second-order valence-electron chi connectivity index (χ2n) is 4.93. The maximum Gasteiger partial charge on any atom is 0.410 e. The number of thiophene rings is 1. The van der Waals surface area contributed by atoms with E-state index in [1.807, 2.05) is 17.0 Å². The maximum atomic E-state index is 12.3. The fourth-order valence-corrected chi connectivity index (χ4v) is 4.06. The first-order valence-corrected chi connectivity index (χ1v) is 8.24. The lowest BCUT2D eigenvalue weighted by Crippen LogP contribution is -2.46. The number of halogens is 1. The Hall–Kier alpha value is -1.08. The van der Waals surface area contributed by atoms with Crippen molar-refractivity contribution in [2.24, 2.45) is 0 Å². The van der Waals surface area contributed by atoms with E-state index in [1.54, 1.807) is 4.90 Å². The number of hydrogen-bond donors (Lipinski definition) is 0. The number of cyclic esters (lactones) is 1. The normalized spacial score (nSPS) is 20.4. The van der Waals surface area contributed by atoms with Crippen LogP contribution in [0.5, 0.6) is 0 Å². The Balaban J connectivity index is 1.58.